The van der Waals surface area contributed by atoms with Crippen LogP contribution in [0.2, 0.25) is 0 Å². The molecule has 3 N–H and O–H groups in total. The standard InChI is InChI=1S/C18H24FN3OS/c1-3-20-18(21-11-13(2)17-9-6-10-24-17)22-12-16(23)14-7-4-5-8-15(14)19/h4-10,13,16,23H,3,11-12H2,1-2H3,(H2,20,21,22). The minimum Gasteiger partial charge on any atom is -0.386 e. The molecule has 0 spiro atoms. The van der Waals surface area contributed by atoms with E-state index < -0.39 is 11.9 Å². The van der Waals surface area contributed by atoms with E-state index in [1.807, 2.05) is 13.0 Å². The zero-order chi connectivity index (χ0) is 17.4. The van der Waals surface area contributed by atoms with Crippen LogP contribution < -0.4 is 10.6 Å². The molecular weight excluding hydrogens is 325 g/mol. The molecule has 6 heteroatoms. The van der Waals surface area contributed by atoms with E-state index in [1.165, 1.54) is 10.9 Å². The lowest BCUT2D eigenvalue weighted by atomic mass is 10.1. The third kappa shape index (κ3) is 5.32. The molecule has 0 radical (unpaired) electrons. The van der Waals surface area contributed by atoms with Crippen molar-refractivity contribution in [1.29, 1.82) is 0 Å². The van der Waals surface area contributed by atoms with E-state index in [1.54, 1.807) is 29.5 Å². The molecule has 0 saturated carbocycles. The normalized spacial score (nSPS) is 14.2. The number of guanidine groups is 1. The van der Waals surface area contributed by atoms with E-state index in [-0.39, 0.29) is 12.1 Å². The topological polar surface area (TPSA) is 56.7 Å². The van der Waals surface area contributed by atoms with E-state index in [0.29, 0.717) is 18.4 Å². The fraction of sp³-hybridized carbons (Fsp3) is 0.389. The van der Waals surface area contributed by atoms with Crippen molar-refractivity contribution in [3.63, 3.8) is 0 Å². The van der Waals surface area contributed by atoms with Crippen molar-refractivity contribution >= 4 is 17.3 Å². The third-order valence-corrected chi connectivity index (χ3v) is 4.73. The average Bonchev–Trinajstić information content (AvgIpc) is 3.12. The van der Waals surface area contributed by atoms with Gasteiger partial charge in [-0.05, 0) is 24.4 Å². The second kappa shape index (κ2) is 9.39. The molecule has 1 aromatic heterocycles. The van der Waals surface area contributed by atoms with Crippen molar-refractivity contribution in [2.24, 2.45) is 4.99 Å². The third-order valence-electron chi connectivity index (χ3n) is 3.62. The van der Waals surface area contributed by atoms with Gasteiger partial charge in [-0.2, -0.15) is 0 Å². The van der Waals surface area contributed by atoms with Crippen LogP contribution in [0.15, 0.2) is 46.8 Å². The van der Waals surface area contributed by atoms with E-state index >= 15 is 0 Å². The highest BCUT2D eigenvalue weighted by Gasteiger charge is 2.13. The van der Waals surface area contributed by atoms with Crippen LogP contribution in [0.1, 0.15) is 36.3 Å². The molecular formula is C18H24FN3OS. The summed E-state index contributed by atoms with van der Waals surface area (Å²) in [6, 6.07) is 10.4. The fourth-order valence-electron chi connectivity index (χ4n) is 2.28. The summed E-state index contributed by atoms with van der Waals surface area (Å²) in [6.07, 6.45) is -0.926. The van der Waals surface area contributed by atoms with Gasteiger partial charge >= 0.3 is 0 Å². The maximum Gasteiger partial charge on any atom is 0.191 e. The molecule has 2 aromatic rings. The van der Waals surface area contributed by atoms with Crippen LogP contribution in [-0.2, 0) is 0 Å². The molecule has 24 heavy (non-hydrogen) atoms. The van der Waals surface area contributed by atoms with Gasteiger partial charge in [0.15, 0.2) is 5.96 Å². The highest BCUT2D eigenvalue weighted by atomic mass is 32.1. The summed E-state index contributed by atoms with van der Waals surface area (Å²) in [5.74, 6) is 0.549. The van der Waals surface area contributed by atoms with Crippen LogP contribution in [0.4, 0.5) is 4.39 Å². The summed E-state index contributed by atoms with van der Waals surface area (Å²) in [6.45, 7) is 5.67. The molecule has 0 aliphatic carbocycles. The maximum atomic E-state index is 13.7. The summed E-state index contributed by atoms with van der Waals surface area (Å²) in [4.78, 5) is 5.85. The number of aliphatic imine (C=N–C) groups is 1. The average molecular weight is 349 g/mol. The van der Waals surface area contributed by atoms with E-state index in [4.69, 9.17) is 0 Å². The highest BCUT2D eigenvalue weighted by molar-refractivity contribution is 7.10. The molecule has 2 atom stereocenters. The van der Waals surface area contributed by atoms with Gasteiger partial charge in [-0.1, -0.05) is 31.2 Å². The van der Waals surface area contributed by atoms with Crippen molar-refractivity contribution in [3.8, 4) is 0 Å². The van der Waals surface area contributed by atoms with Gasteiger partial charge in [0, 0.05) is 29.4 Å². The molecule has 1 aromatic carbocycles. The number of hydrogen-bond acceptors (Lipinski definition) is 3. The number of rotatable bonds is 7. The largest absolute Gasteiger partial charge is 0.386 e. The predicted octanol–water partition coefficient (Wildman–Crippen LogP) is 3.28. The van der Waals surface area contributed by atoms with Crippen molar-refractivity contribution in [3.05, 3.63) is 58.0 Å². The molecule has 0 aliphatic rings. The summed E-state index contributed by atoms with van der Waals surface area (Å²) < 4.78 is 13.7. The second-order valence-corrected chi connectivity index (χ2v) is 6.53. The van der Waals surface area contributed by atoms with E-state index in [9.17, 15) is 9.50 Å². The first-order chi connectivity index (χ1) is 11.6. The van der Waals surface area contributed by atoms with Gasteiger partial charge in [-0.25, -0.2) is 4.39 Å². The minimum atomic E-state index is -0.926. The van der Waals surface area contributed by atoms with Crippen molar-refractivity contribution < 1.29 is 9.50 Å². The van der Waals surface area contributed by atoms with E-state index in [2.05, 4.69) is 34.0 Å². The van der Waals surface area contributed by atoms with Gasteiger partial charge in [0.1, 0.15) is 5.82 Å². The molecule has 1 heterocycles. The number of aliphatic hydroxyl groups is 1. The van der Waals surface area contributed by atoms with Crippen molar-refractivity contribution in [2.45, 2.75) is 25.9 Å². The van der Waals surface area contributed by atoms with Crippen LogP contribution in [-0.4, -0.2) is 30.7 Å². The summed E-state index contributed by atoms with van der Waals surface area (Å²) >= 11 is 1.72. The molecule has 130 valence electrons. The zero-order valence-electron chi connectivity index (χ0n) is 14.0. The van der Waals surface area contributed by atoms with Crippen LogP contribution in [0, 0.1) is 5.82 Å². The maximum absolute atomic E-state index is 13.7. The van der Waals surface area contributed by atoms with Crippen LogP contribution in [0.25, 0.3) is 0 Å². The summed E-state index contributed by atoms with van der Waals surface area (Å²) in [7, 11) is 0. The SMILES string of the molecule is CCNC(=NCC(C)c1cccs1)NCC(O)c1ccccc1F. The molecule has 2 rings (SSSR count). The lowest BCUT2D eigenvalue weighted by Gasteiger charge is -2.16. The first kappa shape index (κ1) is 18.4. The monoisotopic (exact) mass is 349 g/mol. The number of nitrogens with zero attached hydrogens (tertiary/aromatic N) is 1. The van der Waals surface area contributed by atoms with Crippen LogP contribution in [0.3, 0.4) is 0 Å². The van der Waals surface area contributed by atoms with Gasteiger partial charge in [0.05, 0.1) is 12.6 Å². The highest BCUT2D eigenvalue weighted by Crippen LogP contribution is 2.20. The Labute approximate surface area is 146 Å². The zero-order valence-corrected chi connectivity index (χ0v) is 14.8. The quantitative estimate of drug-likeness (QED) is 0.531. The Bertz CT molecular complexity index is 645. The Balaban J connectivity index is 1.93. The van der Waals surface area contributed by atoms with Crippen LogP contribution in [0.5, 0.6) is 0 Å². The summed E-state index contributed by atoms with van der Waals surface area (Å²) in [5.41, 5.74) is 0.285. The van der Waals surface area contributed by atoms with Gasteiger partial charge in [-0.3, -0.25) is 4.99 Å². The molecule has 0 bridgehead atoms. The Hall–Kier alpha value is -1.92. The first-order valence-corrected chi connectivity index (χ1v) is 8.97. The molecule has 0 saturated heterocycles. The number of nitrogens with one attached hydrogen (secondary N) is 2. The van der Waals surface area contributed by atoms with Gasteiger partial charge < -0.3 is 15.7 Å². The summed E-state index contributed by atoms with van der Waals surface area (Å²) in [5, 5.41) is 18.4. The molecule has 0 amide bonds. The van der Waals surface area contributed by atoms with Gasteiger partial charge in [0.2, 0.25) is 0 Å². The van der Waals surface area contributed by atoms with E-state index in [0.717, 1.165) is 6.54 Å². The molecule has 2 unspecified atom stereocenters. The molecule has 0 aliphatic heterocycles. The van der Waals surface area contributed by atoms with Crippen molar-refractivity contribution in [1.82, 2.24) is 10.6 Å². The number of benzene rings is 1. The van der Waals surface area contributed by atoms with Crippen LogP contribution >= 0.6 is 11.3 Å². The fourth-order valence-corrected chi connectivity index (χ4v) is 3.06. The van der Waals surface area contributed by atoms with Crippen molar-refractivity contribution in [2.75, 3.05) is 19.6 Å². The second-order valence-electron chi connectivity index (χ2n) is 5.55. The lowest BCUT2D eigenvalue weighted by molar-refractivity contribution is 0.176. The lowest BCUT2D eigenvalue weighted by Crippen LogP contribution is -2.39. The smallest absolute Gasteiger partial charge is 0.191 e. The molecule has 0 fully saturated rings. The Morgan fingerprint density at radius 3 is 2.71 bits per heavy atom. The van der Waals surface area contributed by atoms with Gasteiger partial charge in [-0.15, -0.1) is 11.3 Å². The Morgan fingerprint density at radius 2 is 2.04 bits per heavy atom. The van der Waals surface area contributed by atoms with Gasteiger partial charge in [0.25, 0.3) is 0 Å². The number of thiophene rings is 1. The predicted molar refractivity (Wildman–Crippen MR) is 98.1 cm³/mol. The Kier molecular flexibility index (Phi) is 7.21. The molecule has 4 nitrogen and oxygen atoms in total. The number of halogens is 1. The minimum absolute atomic E-state index is 0.195. The Morgan fingerprint density at radius 1 is 1.25 bits per heavy atom. The number of hydrogen-bond donors (Lipinski definition) is 3. The first-order valence-electron chi connectivity index (χ1n) is 8.09. The number of aliphatic hydroxyl groups excluding tert-OH is 1.